The minimum Gasteiger partial charge on any atom is -0.548 e. The van der Waals surface area contributed by atoms with Crippen molar-refractivity contribution < 1.29 is 14.6 Å². The van der Waals surface area contributed by atoms with Gasteiger partial charge < -0.3 is 24.1 Å². The molecule has 0 bridgehead atoms. The molecule has 0 aliphatic carbocycles. The summed E-state index contributed by atoms with van der Waals surface area (Å²) < 4.78 is 7.38. The average molecular weight is 372 g/mol. The van der Waals surface area contributed by atoms with Crippen LogP contribution in [0.1, 0.15) is 29.1 Å². The van der Waals surface area contributed by atoms with Gasteiger partial charge in [-0.05, 0) is 36.3 Å². The summed E-state index contributed by atoms with van der Waals surface area (Å²) in [5.74, 6) is -0.0572. The Balaban J connectivity index is 1.49. The van der Waals surface area contributed by atoms with Crippen LogP contribution in [0.5, 0.6) is 0 Å². The molecule has 0 spiro atoms. The number of carbonyl (C=O) groups excluding carboxylic acids is 1. The maximum Gasteiger partial charge on any atom is 0.141 e. The van der Waals surface area contributed by atoms with Gasteiger partial charge in [0.2, 0.25) is 0 Å². The lowest BCUT2D eigenvalue weighted by atomic mass is 9.95. The number of piperidine rings is 1. The molecule has 2 aromatic rings. The molecule has 0 saturated carbocycles. The Morgan fingerprint density at radius 2 is 2.12 bits per heavy atom. The topological polar surface area (TPSA) is 70.4 Å². The molecule has 6 nitrogen and oxygen atoms in total. The van der Waals surface area contributed by atoms with Gasteiger partial charge in [-0.3, -0.25) is 0 Å². The van der Waals surface area contributed by atoms with E-state index in [4.69, 9.17) is 4.74 Å². The van der Waals surface area contributed by atoms with Gasteiger partial charge in [-0.15, -0.1) is 11.3 Å². The Labute approximate surface area is 156 Å². The molecule has 138 valence electrons. The van der Waals surface area contributed by atoms with E-state index in [0.717, 1.165) is 51.3 Å². The van der Waals surface area contributed by atoms with Crippen LogP contribution in [0.3, 0.4) is 0 Å². The first-order chi connectivity index (χ1) is 12.7. The summed E-state index contributed by atoms with van der Waals surface area (Å²) in [6, 6.07) is 2.25. The predicted octanol–water partition coefficient (Wildman–Crippen LogP) is 1.16. The van der Waals surface area contributed by atoms with Gasteiger partial charge in [-0.2, -0.15) is 0 Å². The van der Waals surface area contributed by atoms with Crippen molar-refractivity contribution >= 4 is 22.9 Å². The molecule has 7 heteroatoms. The van der Waals surface area contributed by atoms with Crippen LogP contribution in [0.2, 0.25) is 0 Å². The van der Waals surface area contributed by atoms with Crippen molar-refractivity contribution in [2.24, 2.45) is 0 Å². The lowest BCUT2D eigenvalue weighted by Crippen LogP contribution is -2.35. The lowest BCUT2D eigenvalue weighted by molar-refractivity contribution is -0.309. The molecule has 1 fully saturated rings. The number of rotatable bonds is 5. The number of nitrogens with zero attached hydrogens (tertiary/aromatic N) is 3. The number of thiophene rings is 1. The van der Waals surface area contributed by atoms with Gasteiger partial charge in [0.15, 0.2) is 0 Å². The number of hydrogen-bond donors (Lipinski definition) is 0. The number of likely N-dealkylation sites (tertiary alicyclic amines) is 1. The lowest BCUT2D eigenvalue weighted by Gasteiger charge is -2.29. The smallest absolute Gasteiger partial charge is 0.141 e. The van der Waals surface area contributed by atoms with Crippen LogP contribution in [0.25, 0.3) is 5.57 Å². The summed E-state index contributed by atoms with van der Waals surface area (Å²) in [5.41, 5.74) is 4.25. The van der Waals surface area contributed by atoms with Gasteiger partial charge in [0.25, 0.3) is 0 Å². The normalized spacial score (nSPS) is 17.7. The van der Waals surface area contributed by atoms with Crippen molar-refractivity contribution in [3.63, 3.8) is 0 Å². The highest BCUT2D eigenvalue weighted by atomic mass is 32.1. The number of ether oxygens (including phenoxy) is 1. The van der Waals surface area contributed by atoms with E-state index >= 15 is 0 Å². The standard InChI is InChI=1S/C19H23N3O3S/c23-16(24)13-25-11-10-21-6-1-14(2-7-21)17-18-15(4-12-26-18)3-8-22-9-5-20-19(17)22/h4-5,9,12H,1-3,6-8,10-11,13H2,(H,23,24)/p-1. The number of carboxylic acid groups (broad SMARTS) is 1. The van der Waals surface area contributed by atoms with E-state index in [1.807, 2.05) is 17.5 Å². The zero-order valence-electron chi connectivity index (χ0n) is 14.6. The van der Waals surface area contributed by atoms with E-state index in [9.17, 15) is 9.90 Å². The third-order valence-corrected chi connectivity index (χ3v) is 6.09. The molecular formula is C19H22N3O3S-. The molecule has 0 amide bonds. The van der Waals surface area contributed by atoms with Crippen molar-refractivity contribution in [3.05, 3.63) is 45.7 Å². The Morgan fingerprint density at radius 1 is 1.27 bits per heavy atom. The van der Waals surface area contributed by atoms with Crippen molar-refractivity contribution in [2.75, 3.05) is 32.8 Å². The number of aryl methyl sites for hydroxylation is 2. The molecule has 1 saturated heterocycles. The number of imidazole rings is 1. The summed E-state index contributed by atoms with van der Waals surface area (Å²) in [4.78, 5) is 18.8. The fraction of sp³-hybridized carbons (Fsp3) is 0.474. The summed E-state index contributed by atoms with van der Waals surface area (Å²) in [6.45, 7) is 3.78. The fourth-order valence-electron chi connectivity index (χ4n) is 3.78. The van der Waals surface area contributed by atoms with Crippen LogP contribution < -0.4 is 5.11 Å². The maximum atomic E-state index is 10.4. The minimum atomic E-state index is -1.16. The first-order valence-corrected chi connectivity index (χ1v) is 9.90. The van der Waals surface area contributed by atoms with Crippen LogP contribution >= 0.6 is 11.3 Å². The minimum absolute atomic E-state index is 0.326. The second-order valence-corrected chi connectivity index (χ2v) is 7.63. The molecule has 0 unspecified atom stereocenters. The van der Waals surface area contributed by atoms with Crippen molar-refractivity contribution in [1.82, 2.24) is 14.5 Å². The van der Waals surface area contributed by atoms with E-state index < -0.39 is 5.97 Å². The molecule has 4 heterocycles. The van der Waals surface area contributed by atoms with Gasteiger partial charge in [0.05, 0.1) is 19.2 Å². The van der Waals surface area contributed by atoms with Crippen LogP contribution in [0.4, 0.5) is 0 Å². The van der Waals surface area contributed by atoms with E-state index in [2.05, 4.69) is 32.1 Å². The van der Waals surface area contributed by atoms with Crippen molar-refractivity contribution in [3.8, 4) is 0 Å². The van der Waals surface area contributed by atoms with Gasteiger partial charge in [0.1, 0.15) is 5.82 Å². The molecule has 2 aliphatic rings. The summed E-state index contributed by atoms with van der Waals surface area (Å²) in [5, 5.41) is 12.6. The van der Waals surface area contributed by atoms with Gasteiger partial charge in [0, 0.05) is 49.0 Å². The zero-order valence-corrected chi connectivity index (χ0v) is 15.5. The number of carboxylic acids is 1. The highest BCUT2D eigenvalue weighted by Crippen LogP contribution is 2.38. The first kappa shape index (κ1) is 17.5. The Hall–Kier alpha value is -1.96. The highest BCUT2D eigenvalue weighted by Gasteiger charge is 2.25. The molecular weight excluding hydrogens is 350 g/mol. The van der Waals surface area contributed by atoms with E-state index in [1.54, 1.807) is 0 Å². The third kappa shape index (κ3) is 3.60. The van der Waals surface area contributed by atoms with Gasteiger partial charge >= 0.3 is 0 Å². The van der Waals surface area contributed by atoms with E-state index in [-0.39, 0.29) is 6.61 Å². The number of carbonyl (C=O) groups is 1. The number of hydrogen-bond acceptors (Lipinski definition) is 6. The van der Waals surface area contributed by atoms with Crippen LogP contribution in [0.15, 0.2) is 29.4 Å². The molecule has 4 rings (SSSR count). The van der Waals surface area contributed by atoms with Gasteiger partial charge in [-0.1, -0.05) is 5.57 Å². The Morgan fingerprint density at radius 3 is 2.92 bits per heavy atom. The molecule has 0 N–H and O–H groups in total. The van der Waals surface area contributed by atoms with E-state index in [0.29, 0.717) is 6.61 Å². The molecule has 0 radical (unpaired) electrons. The Kier molecular flexibility index (Phi) is 5.19. The summed E-state index contributed by atoms with van der Waals surface area (Å²) in [6.07, 6.45) is 7.06. The fourth-order valence-corrected chi connectivity index (χ4v) is 4.82. The highest BCUT2D eigenvalue weighted by molar-refractivity contribution is 7.11. The molecule has 0 aromatic carbocycles. The summed E-state index contributed by atoms with van der Waals surface area (Å²) in [7, 11) is 0. The van der Waals surface area contributed by atoms with Crippen LogP contribution in [-0.2, 0) is 22.5 Å². The second-order valence-electron chi connectivity index (χ2n) is 6.71. The molecule has 2 aromatic heterocycles. The predicted molar refractivity (Wildman–Crippen MR) is 97.8 cm³/mol. The zero-order chi connectivity index (χ0) is 17.9. The summed E-state index contributed by atoms with van der Waals surface area (Å²) >= 11 is 1.82. The van der Waals surface area contributed by atoms with E-state index in [1.165, 1.54) is 21.6 Å². The second kappa shape index (κ2) is 7.73. The van der Waals surface area contributed by atoms with Crippen molar-refractivity contribution in [2.45, 2.75) is 25.8 Å². The van der Waals surface area contributed by atoms with Crippen molar-refractivity contribution in [1.29, 1.82) is 0 Å². The SMILES string of the molecule is O=C([O-])COCCN1CCC(=C2c3sccc3CCn3ccnc32)CC1. The largest absolute Gasteiger partial charge is 0.548 e. The van der Waals surface area contributed by atoms with Gasteiger partial charge in [-0.25, -0.2) is 4.98 Å². The quantitative estimate of drug-likeness (QED) is 0.737. The first-order valence-electron chi connectivity index (χ1n) is 9.02. The maximum absolute atomic E-state index is 10.4. The average Bonchev–Trinajstić information content (AvgIpc) is 3.26. The van der Waals surface area contributed by atoms with Crippen LogP contribution in [-0.4, -0.2) is 53.3 Å². The third-order valence-electron chi connectivity index (χ3n) is 5.12. The number of fused-ring (bicyclic) bond motifs is 2. The van der Waals surface area contributed by atoms with Crippen LogP contribution in [0, 0.1) is 0 Å². The monoisotopic (exact) mass is 372 g/mol. The molecule has 26 heavy (non-hydrogen) atoms. The molecule has 2 aliphatic heterocycles. The Bertz CT molecular complexity index is 769. The molecule has 0 atom stereocenters. The number of aromatic nitrogens is 2. The number of aliphatic carboxylic acids is 1.